The molecule has 1 heterocycles. The van der Waals surface area contributed by atoms with Gasteiger partial charge in [-0.05, 0) is 31.7 Å². The number of aromatic nitrogens is 2. The van der Waals surface area contributed by atoms with Crippen LogP contribution >= 0.6 is 0 Å². The molecule has 0 saturated heterocycles. The number of amides is 1. The molecule has 0 spiro atoms. The number of rotatable bonds is 6. The third-order valence-corrected chi connectivity index (χ3v) is 4.39. The number of carbonyl (C=O) groups excluding carboxylic acids is 1. The Bertz CT molecular complexity index is 920. The van der Waals surface area contributed by atoms with Crippen LogP contribution in [0.5, 0.6) is 0 Å². The summed E-state index contributed by atoms with van der Waals surface area (Å²) in [4.78, 5) is 35.5. The van der Waals surface area contributed by atoms with E-state index in [0.717, 1.165) is 12.8 Å². The molecule has 1 aliphatic carbocycles. The van der Waals surface area contributed by atoms with Crippen molar-refractivity contribution in [3.63, 3.8) is 0 Å². The van der Waals surface area contributed by atoms with Crippen molar-refractivity contribution in [2.45, 2.75) is 25.8 Å². The lowest BCUT2D eigenvalue weighted by Crippen LogP contribution is -2.44. The Morgan fingerprint density at radius 2 is 2.15 bits per heavy atom. The SMILES string of the molecule is Cc1cc(=O)c(C(=O)NC(CN)C2CC2)nn1-c1ccccc1[N+](=O)[O-]. The van der Waals surface area contributed by atoms with Crippen molar-refractivity contribution < 1.29 is 9.72 Å². The van der Waals surface area contributed by atoms with Crippen LogP contribution in [0.2, 0.25) is 0 Å². The largest absolute Gasteiger partial charge is 0.346 e. The van der Waals surface area contributed by atoms with Crippen LogP contribution in [0.1, 0.15) is 29.0 Å². The van der Waals surface area contributed by atoms with Crippen molar-refractivity contribution in [2.24, 2.45) is 11.7 Å². The van der Waals surface area contributed by atoms with E-state index in [9.17, 15) is 19.7 Å². The fraction of sp³-hybridized carbons (Fsp3) is 0.353. The maximum Gasteiger partial charge on any atom is 0.294 e. The Balaban J connectivity index is 2.01. The molecule has 136 valence electrons. The van der Waals surface area contributed by atoms with Gasteiger partial charge >= 0.3 is 0 Å². The van der Waals surface area contributed by atoms with Gasteiger partial charge in [-0.1, -0.05) is 12.1 Å². The minimum Gasteiger partial charge on any atom is -0.346 e. The van der Waals surface area contributed by atoms with Crippen LogP contribution in [0.4, 0.5) is 5.69 Å². The van der Waals surface area contributed by atoms with Crippen molar-refractivity contribution in [2.75, 3.05) is 6.54 Å². The van der Waals surface area contributed by atoms with Crippen LogP contribution in [0.25, 0.3) is 5.69 Å². The second kappa shape index (κ2) is 7.04. The van der Waals surface area contributed by atoms with Crippen molar-refractivity contribution in [1.29, 1.82) is 0 Å². The molecular formula is C17H19N5O4. The Morgan fingerprint density at radius 1 is 1.46 bits per heavy atom. The number of para-hydroxylation sites is 2. The van der Waals surface area contributed by atoms with E-state index < -0.39 is 16.3 Å². The zero-order chi connectivity index (χ0) is 18.8. The van der Waals surface area contributed by atoms with Gasteiger partial charge in [0.2, 0.25) is 5.43 Å². The molecule has 0 aliphatic heterocycles. The number of aryl methyl sites for hydroxylation is 1. The molecule has 3 N–H and O–H groups in total. The first-order valence-corrected chi connectivity index (χ1v) is 8.28. The van der Waals surface area contributed by atoms with Crippen LogP contribution in [-0.2, 0) is 0 Å². The average molecular weight is 357 g/mol. The Labute approximate surface area is 149 Å². The highest BCUT2D eigenvalue weighted by atomic mass is 16.6. The first kappa shape index (κ1) is 17.7. The van der Waals surface area contributed by atoms with E-state index in [2.05, 4.69) is 10.4 Å². The molecule has 9 heteroatoms. The number of hydrogen-bond donors (Lipinski definition) is 2. The van der Waals surface area contributed by atoms with Crippen LogP contribution in [0.3, 0.4) is 0 Å². The van der Waals surface area contributed by atoms with Gasteiger partial charge in [-0.25, -0.2) is 4.68 Å². The Morgan fingerprint density at radius 3 is 2.77 bits per heavy atom. The molecule has 0 radical (unpaired) electrons. The van der Waals surface area contributed by atoms with E-state index >= 15 is 0 Å². The molecule has 1 aromatic carbocycles. The van der Waals surface area contributed by atoms with E-state index in [1.54, 1.807) is 13.0 Å². The molecule has 2 aromatic rings. The predicted molar refractivity (Wildman–Crippen MR) is 94.3 cm³/mol. The van der Waals surface area contributed by atoms with Gasteiger partial charge in [0.25, 0.3) is 11.6 Å². The highest BCUT2D eigenvalue weighted by molar-refractivity contribution is 5.92. The van der Waals surface area contributed by atoms with E-state index in [1.807, 2.05) is 0 Å². The molecule has 1 aliphatic rings. The quantitative estimate of drug-likeness (QED) is 0.583. The van der Waals surface area contributed by atoms with E-state index in [1.165, 1.54) is 28.9 Å². The molecule has 1 fully saturated rings. The summed E-state index contributed by atoms with van der Waals surface area (Å²) in [6.45, 7) is 1.88. The number of hydrogen-bond acceptors (Lipinski definition) is 6. The van der Waals surface area contributed by atoms with Gasteiger partial charge in [-0.2, -0.15) is 5.10 Å². The molecule has 1 unspecified atom stereocenters. The molecule has 1 saturated carbocycles. The van der Waals surface area contributed by atoms with E-state index in [-0.39, 0.29) is 29.7 Å². The monoisotopic (exact) mass is 357 g/mol. The highest BCUT2D eigenvalue weighted by Crippen LogP contribution is 2.32. The fourth-order valence-electron chi connectivity index (χ4n) is 2.85. The molecule has 0 bridgehead atoms. The van der Waals surface area contributed by atoms with Crippen molar-refractivity contribution in [3.05, 3.63) is 62.1 Å². The first-order chi connectivity index (χ1) is 12.4. The maximum absolute atomic E-state index is 12.5. The molecular weight excluding hydrogens is 338 g/mol. The number of nitrogens with one attached hydrogen (secondary N) is 1. The Kier molecular flexibility index (Phi) is 4.81. The van der Waals surface area contributed by atoms with Crippen LogP contribution in [0.15, 0.2) is 35.1 Å². The van der Waals surface area contributed by atoms with Gasteiger partial charge in [-0.15, -0.1) is 0 Å². The van der Waals surface area contributed by atoms with Gasteiger partial charge in [-0.3, -0.25) is 19.7 Å². The molecule has 1 atom stereocenters. The second-order valence-corrected chi connectivity index (χ2v) is 6.31. The second-order valence-electron chi connectivity index (χ2n) is 6.31. The van der Waals surface area contributed by atoms with Crippen LogP contribution in [0, 0.1) is 23.0 Å². The number of nitrogens with two attached hydrogens (primary N) is 1. The predicted octanol–water partition coefficient (Wildman–Crippen LogP) is 0.916. The Hall–Kier alpha value is -3.07. The zero-order valence-electron chi connectivity index (χ0n) is 14.2. The summed E-state index contributed by atoms with van der Waals surface area (Å²) >= 11 is 0. The van der Waals surface area contributed by atoms with Crippen LogP contribution < -0.4 is 16.5 Å². The van der Waals surface area contributed by atoms with Gasteiger partial charge in [0.1, 0.15) is 5.69 Å². The molecule has 1 amide bonds. The number of benzene rings is 1. The molecule has 9 nitrogen and oxygen atoms in total. The normalized spacial score (nSPS) is 14.7. The van der Waals surface area contributed by atoms with E-state index in [4.69, 9.17) is 5.73 Å². The number of nitro groups is 1. The standard InChI is InChI=1S/C17H19N5O4/c1-10-8-15(23)16(17(24)19-12(9-18)11-6-7-11)20-21(10)13-4-2-3-5-14(13)22(25)26/h2-5,8,11-12H,6-7,9,18H2,1H3,(H,19,24). The summed E-state index contributed by atoms with van der Waals surface area (Å²) in [7, 11) is 0. The fourth-order valence-corrected chi connectivity index (χ4v) is 2.85. The number of carbonyl (C=O) groups is 1. The number of nitro benzene ring substituents is 1. The molecule has 26 heavy (non-hydrogen) atoms. The van der Waals surface area contributed by atoms with Gasteiger partial charge < -0.3 is 11.1 Å². The third-order valence-electron chi connectivity index (χ3n) is 4.39. The van der Waals surface area contributed by atoms with Crippen LogP contribution in [-0.4, -0.2) is 33.2 Å². The first-order valence-electron chi connectivity index (χ1n) is 8.28. The topological polar surface area (TPSA) is 133 Å². The van der Waals surface area contributed by atoms with E-state index in [0.29, 0.717) is 11.6 Å². The van der Waals surface area contributed by atoms with Gasteiger partial charge in [0, 0.05) is 30.4 Å². The lowest BCUT2D eigenvalue weighted by Gasteiger charge is -2.16. The lowest BCUT2D eigenvalue weighted by atomic mass is 10.2. The zero-order valence-corrected chi connectivity index (χ0v) is 14.2. The number of nitrogens with zero attached hydrogens (tertiary/aromatic N) is 3. The molecule has 3 rings (SSSR count). The van der Waals surface area contributed by atoms with Gasteiger partial charge in [0.05, 0.1) is 4.92 Å². The summed E-state index contributed by atoms with van der Waals surface area (Å²) in [5.74, 6) is -0.295. The average Bonchev–Trinajstić information content (AvgIpc) is 3.44. The summed E-state index contributed by atoms with van der Waals surface area (Å²) < 4.78 is 1.24. The summed E-state index contributed by atoms with van der Waals surface area (Å²) in [5.41, 5.74) is 5.23. The van der Waals surface area contributed by atoms with Crippen molar-refractivity contribution in [1.82, 2.24) is 15.1 Å². The summed E-state index contributed by atoms with van der Waals surface area (Å²) in [5, 5.41) is 18.1. The summed E-state index contributed by atoms with van der Waals surface area (Å²) in [6, 6.07) is 7.05. The molecule has 1 aromatic heterocycles. The van der Waals surface area contributed by atoms with Gasteiger partial charge in [0.15, 0.2) is 5.69 Å². The smallest absolute Gasteiger partial charge is 0.294 e. The minimum absolute atomic E-state index is 0.170. The van der Waals surface area contributed by atoms with Crippen molar-refractivity contribution in [3.8, 4) is 5.69 Å². The highest BCUT2D eigenvalue weighted by Gasteiger charge is 2.32. The third kappa shape index (κ3) is 3.47. The lowest BCUT2D eigenvalue weighted by molar-refractivity contribution is -0.384. The van der Waals surface area contributed by atoms with Crippen molar-refractivity contribution >= 4 is 11.6 Å². The minimum atomic E-state index is -0.621. The summed E-state index contributed by atoms with van der Waals surface area (Å²) in [6.07, 6.45) is 1.98. The maximum atomic E-state index is 12.5.